The van der Waals surface area contributed by atoms with Crippen LogP contribution >= 0.6 is 0 Å². The van der Waals surface area contributed by atoms with Crippen molar-refractivity contribution in [1.29, 1.82) is 0 Å². The summed E-state index contributed by atoms with van der Waals surface area (Å²) in [5.41, 5.74) is 1.45. The second-order valence-corrected chi connectivity index (χ2v) is 4.01. The van der Waals surface area contributed by atoms with Crippen LogP contribution in [0, 0.1) is 0 Å². The van der Waals surface area contributed by atoms with Gasteiger partial charge in [0.1, 0.15) is 0 Å². The van der Waals surface area contributed by atoms with Gasteiger partial charge in [-0.05, 0) is 24.5 Å². The number of aryl methyl sites for hydroxylation is 1. The SMILES string of the molecule is C=CCCNC(=O)Nc1ccccc1CCC(=O)O. The number of nitrogens with one attached hydrogen (secondary N) is 2. The molecule has 0 saturated heterocycles. The van der Waals surface area contributed by atoms with E-state index in [1.165, 1.54) is 0 Å². The second kappa shape index (κ2) is 7.92. The van der Waals surface area contributed by atoms with Crippen molar-refractivity contribution >= 4 is 17.7 Å². The first kappa shape index (κ1) is 14.8. The van der Waals surface area contributed by atoms with Crippen LogP contribution in [0.25, 0.3) is 0 Å². The Kier molecular flexibility index (Phi) is 6.15. The molecule has 0 heterocycles. The molecule has 0 spiro atoms. The smallest absolute Gasteiger partial charge is 0.319 e. The number of carboxylic acid groups (broad SMARTS) is 1. The number of carbonyl (C=O) groups is 2. The molecule has 0 aliphatic carbocycles. The summed E-state index contributed by atoms with van der Waals surface area (Å²) in [5.74, 6) is -0.856. The summed E-state index contributed by atoms with van der Waals surface area (Å²) in [5, 5.41) is 14.1. The van der Waals surface area contributed by atoms with Gasteiger partial charge in [0.25, 0.3) is 0 Å². The highest BCUT2D eigenvalue weighted by molar-refractivity contribution is 5.90. The molecular weight excluding hydrogens is 244 g/mol. The first-order valence-corrected chi connectivity index (χ1v) is 6.09. The number of carbonyl (C=O) groups excluding carboxylic acids is 1. The van der Waals surface area contributed by atoms with Gasteiger partial charge < -0.3 is 15.7 Å². The van der Waals surface area contributed by atoms with Gasteiger partial charge in [-0.25, -0.2) is 4.79 Å². The zero-order valence-corrected chi connectivity index (χ0v) is 10.7. The number of amides is 2. The maximum Gasteiger partial charge on any atom is 0.319 e. The third-order valence-corrected chi connectivity index (χ3v) is 2.51. The minimum Gasteiger partial charge on any atom is -0.481 e. The third kappa shape index (κ3) is 5.72. The number of benzene rings is 1. The van der Waals surface area contributed by atoms with E-state index >= 15 is 0 Å². The first-order chi connectivity index (χ1) is 9.13. The maximum atomic E-state index is 11.6. The molecule has 0 aliphatic heterocycles. The van der Waals surface area contributed by atoms with Gasteiger partial charge in [0.15, 0.2) is 0 Å². The molecule has 1 rings (SSSR count). The van der Waals surface area contributed by atoms with Crippen LogP contribution in [0.4, 0.5) is 10.5 Å². The molecule has 19 heavy (non-hydrogen) atoms. The summed E-state index contributed by atoms with van der Waals surface area (Å²) < 4.78 is 0. The largest absolute Gasteiger partial charge is 0.481 e. The van der Waals surface area contributed by atoms with Crippen molar-refractivity contribution in [2.24, 2.45) is 0 Å². The Labute approximate surface area is 112 Å². The van der Waals surface area contributed by atoms with Crippen LogP contribution in [0.5, 0.6) is 0 Å². The summed E-state index contributed by atoms with van der Waals surface area (Å²) in [7, 11) is 0. The average Bonchev–Trinajstić information content (AvgIpc) is 2.38. The van der Waals surface area contributed by atoms with Crippen LogP contribution in [-0.2, 0) is 11.2 Å². The minimum atomic E-state index is -0.856. The molecule has 5 nitrogen and oxygen atoms in total. The number of hydrogen-bond donors (Lipinski definition) is 3. The van der Waals surface area contributed by atoms with Crippen molar-refractivity contribution in [2.75, 3.05) is 11.9 Å². The number of anilines is 1. The van der Waals surface area contributed by atoms with E-state index in [4.69, 9.17) is 5.11 Å². The van der Waals surface area contributed by atoms with Crippen LogP contribution in [-0.4, -0.2) is 23.7 Å². The summed E-state index contributed by atoms with van der Waals surface area (Å²) >= 11 is 0. The zero-order chi connectivity index (χ0) is 14.1. The average molecular weight is 262 g/mol. The number of para-hydroxylation sites is 1. The van der Waals surface area contributed by atoms with Gasteiger partial charge in [0.2, 0.25) is 0 Å². The van der Waals surface area contributed by atoms with Crippen LogP contribution in [0.1, 0.15) is 18.4 Å². The van der Waals surface area contributed by atoms with E-state index in [0.29, 0.717) is 25.1 Å². The van der Waals surface area contributed by atoms with E-state index in [-0.39, 0.29) is 12.5 Å². The Morgan fingerprint density at radius 2 is 2.05 bits per heavy atom. The van der Waals surface area contributed by atoms with Crippen LogP contribution in [0.2, 0.25) is 0 Å². The van der Waals surface area contributed by atoms with Crippen LogP contribution in [0.3, 0.4) is 0 Å². The molecule has 102 valence electrons. The third-order valence-electron chi connectivity index (χ3n) is 2.51. The van der Waals surface area contributed by atoms with Gasteiger partial charge in [0, 0.05) is 18.7 Å². The first-order valence-electron chi connectivity index (χ1n) is 6.09. The van der Waals surface area contributed by atoms with Gasteiger partial charge in [-0.3, -0.25) is 4.79 Å². The Balaban J connectivity index is 2.58. The lowest BCUT2D eigenvalue weighted by Crippen LogP contribution is -2.29. The molecule has 0 atom stereocenters. The molecule has 1 aromatic carbocycles. The quantitative estimate of drug-likeness (QED) is 0.521. The Morgan fingerprint density at radius 1 is 1.32 bits per heavy atom. The number of hydrogen-bond acceptors (Lipinski definition) is 2. The van der Waals surface area contributed by atoms with Gasteiger partial charge in [-0.1, -0.05) is 24.3 Å². The molecule has 2 amide bonds. The Hall–Kier alpha value is -2.30. The number of carboxylic acids is 1. The van der Waals surface area contributed by atoms with Crippen molar-refractivity contribution < 1.29 is 14.7 Å². The highest BCUT2D eigenvalue weighted by atomic mass is 16.4. The lowest BCUT2D eigenvalue weighted by Gasteiger charge is -2.11. The Bertz CT molecular complexity index is 458. The summed E-state index contributed by atoms with van der Waals surface area (Å²) in [6, 6.07) is 6.87. The number of urea groups is 1. The van der Waals surface area contributed by atoms with E-state index in [1.54, 1.807) is 18.2 Å². The standard InChI is InChI=1S/C14H18N2O3/c1-2-3-10-15-14(19)16-12-7-5-4-6-11(12)8-9-13(17)18/h2,4-7H,1,3,8-10H2,(H,17,18)(H2,15,16,19). The van der Waals surface area contributed by atoms with E-state index < -0.39 is 5.97 Å². The summed E-state index contributed by atoms with van der Waals surface area (Å²) in [6.07, 6.45) is 2.85. The Morgan fingerprint density at radius 3 is 2.74 bits per heavy atom. The fourth-order valence-corrected chi connectivity index (χ4v) is 1.56. The van der Waals surface area contributed by atoms with Gasteiger partial charge in [-0.2, -0.15) is 0 Å². The molecule has 0 aliphatic rings. The summed E-state index contributed by atoms with van der Waals surface area (Å²) in [4.78, 5) is 22.2. The molecule has 1 aromatic rings. The highest BCUT2D eigenvalue weighted by Crippen LogP contribution is 2.16. The van der Waals surface area contributed by atoms with Crippen LogP contribution < -0.4 is 10.6 Å². The second-order valence-electron chi connectivity index (χ2n) is 4.01. The number of aliphatic carboxylic acids is 1. The van der Waals surface area contributed by atoms with Crippen LogP contribution in [0.15, 0.2) is 36.9 Å². The topological polar surface area (TPSA) is 78.4 Å². The molecule has 0 saturated carbocycles. The minimum absolute atomic E-state index is 0.0385. The molecule has 0 radical (unpaired) electrons. The monoisotopic (exact) mass is 262 g/mol. The lowest BCUT2D eigenvalue weighted by atomic mass is 10.1. The van der Waals surface area contributed by atoms with E-state index in [2.05, 4.69) is 17.2 Å². The normalized spacial score (nSPS) is 9.68. The van der Waals surface area contributed by atoms with Gasteiger partial charge in [0.05, 0.1) is 0 Å². The van der Waals surface area contributed by atoms with E-state index in [1.807, 2.05) is 12.1 Å². The van der Waals surface area contributed by atoms with Crippen molar-refractivity contribution in [3.63, 3.8) is 0 Å². The predicted octanol–water partition coefficient (Wildman–Crippen LogP) is 2.40. The summed E-state index contributed by atoms with van der Waals surface area (Å²) in [6.45, 7) is 4.09. The molecule has 0 unspecified atom stereocenters. The van der Waals surface area contributed by atoms with Crippen molar-refractivity contribution in [1.82, 2.24) is 5.32 Å². The van der Waals surface area contributed by atoms with Crippen molar-refractivity contribution in [3.8, 4) is 0 Å². The highest BCUT2D eigenvalue weighted by Gasteiger charge is 2.07. The number of rotatable bonds is 7. The van der Waals surface area contributed by atoms with Crippen molar-refractivity contribution in [3.05, 3.63) is 42.5 Å². The van der Waals surface area contributed by atoms with Crippen molar-refractivity contribution in [2.45, 2.75) is 19.3 Å². The van der Waals surface area contributed by atoms with E-state index in [9.17, 15) is 9.59 Å². The fraction of sp³-hybridized carbons (Fsp3) is 0.286. The van der Waals surface area contributed by atoms with Gasteiger partial charge >= 0.3 is 12.0 Å². The van der Waals surface area contributed by atoms with Gasteiger partial charge in [-0.15, -0.1) is 6.58 Å². The fourth-order valence-electron chi connectivity index (χ4n) is 1.56. The molecule has 0 bridgehead atoms. The predicted molar refractivity (Wildman–Crippen MR) is 74.2 cm³/mol. The lowest BCUT2D eigenvalue weighted by molar-refractivity contribution is -0.136. The molecule has 5 heteroatoms. The molecule has 0 fully saturated rings. The zero-order valence-electron chi connectivity index (χ0n) is 10.7. The molecular formula is C14H18N2O3. The molecule has 0 aromatic heterocycles. The molecule has 3 N–H and O–H groups in total. The maximum absolute atomic E-state index is 11.6. The van der Waals surface area contributed by atoms with E-state index in [0.717, 1.165) is 5.56 Å².